The third-order valence-electron chi connectivity index (χ3n) is 4.60. The lowest BCUT2D eigenvalue weighted by molar-refractivity contribution is -0.917. The lowest BCUT2D eigenvalue weighted by Gasteiger charge is -2.31. The zero-order valence-electron chi connectivity index (χ0n) is 14.8. The molecule has 0 atom stereocenters. The summed E-state index contributed by atoms with van der Waals surface area (Å²) in [7, 11) is -3.46. The first-order valence-electron chi connectivity index (χ1n) is 8.80. The topological polar surface area (TPSA) is 51.1 Å². The van der Waals surface area contributed by atoms with Crippen LogP contribution in [0.1, 0.15) is 12.5 Å². The van der Waals surface area contributed by atoms with Gasteiger partial charge in [0.05, 0.1) is 37.7 Å². The molecule has 1 saturated heterocycles. The molecule has 0 radical (unpaired) electrons. The van der Waals surface area contributed by atoms with Crippen LogP contribution in [0, 0.1) is 0 Å². The van der Waals surface area contributed by atoms with Gasteiger partial charge in [-0.15, -0.1) is 0 Å². The van der Waals surface area contributed by atoms with Gasteiger partial charge in [-0.1, -0.05) is 29.8 Å². The van der Waals surface area contributed by atoms with E-state index in [1.165, 1.54) is 4.90 Å². The molecule has 1 heterocycles. The maximum Gasteiger partial charge on any atom is 0.243 e. The minimum Gasteiger partial charge on any atom is -0.494 e. The van der Waals surface area contributed by atoms with E-state index in [4.69, 9.17) is 16.3 Å². The normalized spacial score (nSPS) is 16.5. The van der Waals surface area contributed by atoms with E-state index in [2.05, 4.69) is 0 Å². The van der Waals surface area contributed by atoms with Gasteiger partial charge in [0, 0.05) is 10.6 Å². The maximum absolute atomic E-state index is 12.8. The molecule has 2 aromatic carbocycles. The van der Waals surface area contributed by atoms with Crippen LogP contribution >= 0.6 is 11.6 Å². The van der Waals surface area contributed by atoms with E-state index in [-0.39, 0.29) is 0 Å². The molecule has 5 nitrogen and oxygen atoms in total. The highest BCUT2D eigenvalue weighted by atomic mass is 35.5. The average Bonchev–Trinajstić information content (AvgIpc) is 2.65. The SMILES string of the molecule is CCOc1ccc(S(=O)(=O)N2CC[NH+](Cc3ccccc3Cl)CC2)cc1. The first-order chi connectivity index (χ1) is 12.5. The summed E-state index contributed by atoms with van der Waals surface area (Å²) in [6.45, 7) is 5.82. The van der Waals surface area contributed by atoms with Gasteiger partial charge in [-0.3, -0.25) is 0 Å². The number of sulfonamides is 1. The third-order valence-corrected chi connectivity index (χ3v) is 6.88. The highest BCUT2D eigenvalue weighted by Gasteiger charge is 2.30. The van der Waals surface area contributed by atoms with Gasteiger partial charge in [0.1, 0.15) is 12.3 Å². The van der Waals surface area contributed by atoms with Crippen LogP contribution in [-0.4, -0.2) is 45.5 Å². The molecule has 0 spiro atoms. The Labute approximate surface area is 160 Å². The van der Waals surface area contributed by atoms with Crippen LogP contribution in [0.3, 0.4) is 0 Å². The van der Waals surface area contributed by atoms with Crippen molar-refractivity contribution in [1.29, 1.82) is 0 Å². The van der Waals surface area contributed by atoms with Gasteiger partial charge in [-0.25, -0.2) is 8.42 Å². The van der Waals surface area contributed by atoms with Gasteiger partial charge in [-0.05, 0) is 37.3 Å². The molecule has 0 aromatic heterocycles. The number of hydrogen-bond donors (Lipinski definition) is 1. The molecular formula is C19H24ClN2O3S+. The Hall–Kier alpha value is -1.60. The molecule has 3 rings (SSSR count). The number of benzene rings is 2. The summed E-state index contributed by atoms with van der Waals surface area (Å²) in [5.74, 6) is 0.681. The number of quaternary nitrogens is 1. The second-order valence-electron chi connectivity index (χ2n) is 6.33. The standard InChI is InChI=1S/C19H23ClN2O3S/c1-2-25-17-7-9-18(10-8-17)26(23,24)22-13-11-21(12-14-22)15-16-5-3-4-6-19(16)20/h3-10H,2,11-15H2,1H3/p+1. The van der Waals surface area contributed by atoms with E-state index in [0.717, 1.165) is 30.2 Å². The van der Waals surface area contributed by atoms with Crippen LogP contribution in [0.25, 0.3) is 0 Å². The Morgan fingerprint density at radius 2 is 1.73 bits per heavy atom. The lowest BCUT2D eigenvalue weighted by Crippen LogP contribution is -3.13. The number of halogens is 1. The molecule has 2 aromatic rings. The highest BCUT2D eigenvalue weighted by Crippen LogP contribution is 2.20. The Morgan fingerprint density at radius 3 is 2.35 bits per heavy atom. The van der Waals surface area contributed by atoms with Crippen molar-refractivity contribution in [2.24, 2.45) is 0 Å². The smallest absolute Gasteiger partial charge is 0.243 e. The largest absolute Gasteiger partial charge is 0.494 e. The molecular weight excluding hydrogens is 372 g/mol. The molecule has 7 heteroatoms. The predicted octanol–water partition coefficient (Wildman–Crippen LogP) is 1.83. The number of ether oxygens (including phenoxy) is 1. The Morgan fingerprint density at radius 1 is 1.08 bits per heavy atom. The summed E-state index contributed by atoms with van der Waals surface area (Å²) >= 11 is 6.23. The average molecular weight is 396 g/mol. The van der Waals surface area contributed by atoms with Crippen LogP contribution < -0.4 is 9.64 Å². The number of rotatable bonds is 6. The summed E-state index contributed by atoms with van der Waals surface area (Å²) in [5, 5.41) is 0.768. The van der Waals surface area contributed by atoms with E-state index < -0.39 is 10.0 Å². The van der Waals surface area contributed by atoms with E-state index in [1.807, 2.05) is 31.2 Å². The summed E-state index contributed by atoms with van der Waals surface area (Å²) in [4.78, 5) is 1.66. The van der Waals surface area contributed by atoms with E-state index in [1.54, 1.807) is 28.6 Å². The fourth-order valence-corrected chi connectivity index (χ4v) is 4.80. The monoisotopic (exact) mass is 395 g/mol. The summed E-state index contributed by atoms with van der Waals surface area (Å²) < 4.78 is 32.6. The van der Waals surface area contributed by atoms with Crippen molar-refractivity contribution in [3.63, 3.8) is 0 Å². The van der Waals surface area contributed by atoms with Crippen LogP contribution in [0.2, 0.25) is 5.02 Å². The molecule has 1 N–H and O–H groups in total. The first kappa shape index (κ1) is 19.2. The van der Waals surface area contributed by atoms with Gasteiger partial charge >= 0.3 is 0 Å². The van der Waals surface area contributed by atoms with Crippen molar-refractivity contribution in [2.45, 2.75) is 18.4 Å². The third kappa shape index (κ3) is 4.38. The Kier molecular flexibility index (Phi) is 6.19. The minimum absolute atomic E-state index is 0.315. The van der Waals surface area contributed by atoms with Crippen molar-refractivity contribution in [2.75, 3.05) is 32.8 Å². The molecule has 140 valence electrons. The molecule has 0 amide bonds. The van der Waals surface area contributed by atoms with Crippen LogP contribution in [0.4, 0.5) is 0 Å². The van der Waals surface area contributed by atoms with Gasteiger partial charge < -0.3 is 9.64 Å². The Balaban J connectivity index is 1.62. The second kappa shape index (κ2) is 8.39. The zero-order chi connectivity index (χ0) is 18.6. The number of nitrogens with one attached hydrogen (secondary N) is 1. The summed E-state index contributed by atoms with van der Waals surface area (Å²) in [5.41, 5.74) is 1.10. The first-order valence-corrected chi connectivity index (χ1v) is 10.6. The Bertz CT molecular complexity index is 832. The molecule has 1 aliphatic rings. The number of nitrogens with zero attached hydrogens (tertiary/aromatic N) is 1. The molecule has 0 aliphatic carbocycles. The highest BCUT2D eigenvalue weighted by molar-refractivity contribution is 7.89. The van der Waals surface area contributed by atoms with Gasteiger partial charge in [0.2, 0.25) is 10.0 Å². The predicted molar refractivity (Wildman–Crippen MR) is 102 cm³/mol. The fraction of sp³-hybridized carbons (Fsp3) is 0.368. The van der Waals surface area contributed by atoms with E-state index in [0.29, 0.717) is 30.3 Å². The molecule has 1 fully saturated rings. The molecule has 0 unspecified atom stereocenters. The lowest BCUT2D eigenvalue weighted by atomic mass is 10.2. The van der Waals surface area contributed by atoms with Crippen LogP contribution in [0.15, 0.2) is 53.4 Å². The fourth-order valence-electron chi connectivity index (χ4n) is 3.15. The van der Waals surface area contributed by atoms with E-state index >= 15 is 0 Å². The minimum atomic E-state index is -3.46. The van der Waals surface area contributed by atoms with Crippen molar-refractivity contribution in [1.82, 2.24) is 4.31 Å². The maximum atomic E-state index is 12.8. The van der Waals surface area contributed by atoms with Crippen LogP contribution in [-0.2, 0) is 16.6 Å². The molecule has 0 saturated carbocycles. The summed E-state index contributed by atoms with van der Waals surface area (Å²) in [6.07, 6.45) is 0. The number of piperazine rings is 1. The quantitative estimate of drug-likeness (QED) is 0.811. The van der Waals surface area contributed by atoms with Crippen LogP contribution in [0.5, 0.6) is 5.75 Å². The zero-order valence-corrected chi connectivity index (χ0v) is 16.4. The van der Waals surface area contributed by atoms with E-state index in [9.17, 15) is 8.42 Å². The number of hydrogen-bond acceptors (Lipinski definition) is 3. The van der Waals surface area contributed by atoms with Crippen molar-refractivity contribution in [3.05, 3.63) is 59.1 Å². The van der Waals surface area contributed by atoms with Gasteiger partial charge in [-0.2, -0.15) is 4.31 Å². The van der Waals surface area contributed by atoms with Gasteiger partial charge in [0.25, 0.3) is 0 Å². The molecule has 1 aliphatic heterocycles. The van der Waals surface area contributed by atoms with Gasteiger partial charge in [0.15, 0.2) is 0 Å². The van der Waals surface area contributed by atoms with Crippen molar-refractivity contribution in [3.8, 4) is 5.75 Å². The molecule has 0 bridgehead atoms. The van der Waals surface area contributed by atoms with Crippen molar-refractivity contribution < 1.29 is 18.1 Å². The second-order valence-corrected chi connectivity index (χ2v) is 8.67. The van der Waals surface area contributed by atoms with Crippen molar-refractivity contribution >= 4 is 21.6 Å². The molecule has 26 heavy (non-hydrogen) atoms. The summed E-state index contributed by atoms with van der Waals surface area (Å²) in [6, 6.07) is 14.5.